The van der Waals surface area contributed by atoms with Crippen molar-refractivity contribution in [1.29, 1.82) is 0 Å². The van der Waals surface area contributed by atoms with Gasteiger partial charge in [-0.3, -0.25) is 14.9 Å². The molecule has 0 aliphatic carbocycles. The molecule has 2 aliphatic heterocycles. The Hall–Kier alpha value is -2.61. The minimum absolute atomic E-state index is 0.0965. The maximum atomic E-state index is 12.6. The number of piperazine rings is 1. The molecule has 28 heavy (non-hydrogen) atoms. The number of hydrogen-bond acceptors (Lipinski definition) is 6. The lowest BCUT2D eigenvalue weighted by molar-refractivity contribution is -0.384. The summed E-state index contributed by atoms with van der Waals surface area (Å²) in [5.41, 5.74) is 3.00. The van der Waals surface area contributed by atoms with Crippen LogP contribution < -0.4 is 9.80 Å². The van der Waals surface area contributed by atoms with E-state index in [1.165, 1.54) is 11.3 Å². The second-order valence-corrected chi connectivity index (χ2v) is 8.30. The predicted octanol–water partition coefficient (Wildman–Crippen LogP) is 3.53. The van der Waals surface area contributed by atoms with Crippen LogP contribution in [0, 0.1) is 17.0 Å². The van der Waals surface area contributed by atoms with Gasteiger partial charge in [-0.2, -0.15) is 0 Å². The zero-order valence-electron chi connectivity index (χ0n) is 16.0. The summed E-state index contributed by atoms with van der Waals surface area (Å²) in [5.74, 6) is 0.0965. The minimum Gasteiger partial charge on any atom is -0.368 e. The Kier molecular flexibility index (Phi) is 5.21. The number of rotatable bonds is 4. The summed E-state index contributed by atoms with van der Waals surface area (Å²) in [6, 6.07) is 7.34. The maximum Gasteiger partial charge on any atom is 0.292 e. The van der Waals surface area contributed by atoms with Crippen molar-refractivity contribution in [1.82, 2.24) is 4.90 Å². The molecule has 2 aliphatic rings. The lowest BCUT2D eigenvalue weighted by Gasteiger charge is -2.36. The molecule has 1 amide bonds. The first-order valence-corrected chi connectivity index (χ1v) is 10.5. The van der Waals surface area contributed by atoms with Gasteiger partial charge in [0.15, 0.2) is 0 Å². The normalized spacial score (nSPS) is 17.2. The van der Waals surface area contributed by atoms with E-state index in [-0.39, 0.29) is 16.5 Å². The highest BCUT2D eigenvalue weighted by Gasteiger charge is 2.26. The second kappa shape index (κ2) is 7.79. The second-order valence-electron chi connectivity index (χ2n) is 7.39. The van der Waals surface area contributed by atoms with Gasteiger partial charge in [-0.15, -0.1) is 11.3 Å². The molecule has 2 aromatic rings. The molecule has 0 saturated carbocycles. The van der Waals surface area contributed by atoms with Crippen LogP contribution in [0.4, 0.5) is 17.1 Å². The Labute approximate surface area is 168 Å². The van der Waals surface area contributed by atoms with Crippen LogP contribution >= 0.6 is 11.3 Å². The highest BCUT2D eigenvalue weighted by Crippen LogP contribution is 2.35. The van der Waals surface area contributed by atoms with Crippen LogP contribution in [0.3, 0.4) is 0 Å². The molecule has 0 unspecified atom stereocenters. The Balaban J connectivity index is 1.47. The van der Waals surface area contributed by atoms with Crippen molar-refractivity contribution in [2.45, 2.75) is 19.8 Å². The Morgan fingerprint density at radius 1 is 1.04 bits per heavy atom. The molecule has 8 heteroatoms. The SMILES string of the molecule is Cc1csc(C(=O)N2CCN(c3ccc([N+](=O)[O-])c(N4CCCC4)c3)CC2)c1. The number of carbonyl (C=O) groups is 1. The third kappa shape index (κ3) is 3.69. The Morgan fingerprint density at radius 2 is 1.75 bits per heavy atom. The highest BCUT2D eigenvalue weighted by atomic mass is 32.1. The van der Waals surface area contributed by atoms with Crippen molar-refractivity contribution in [2.24, 2.45) is 0 Å². The fourth-order valence-electron chi connectivity index (χ4n) is 3.94. The summed E-state index contributed by atoms with van der Waals surface area (Å²) >= 11 is 1.49. The fraction of sp³-hybridized carbons (Fsp3) is 0.450. The number of hydrogen-bond donors (Lipinski definition) is 0. The molecule has 3 heterocycles. The number of carbonyl (C=O) groups excluding carboxylic acids is 1. The van der Waals surface area contributed by atoms with Gasteiger partial charge in [0, 0.05) is 51.0 Å². The van der Waals surface area contributed by atoms with E-state index in [4.69, 9.17) is 0 Å². The summed E-state index contributed by atoms with van der Waals surface area (Å²) in [7, 11) is 0. The maximum absolute atomic E-state index is 12.6. The van der Waals surface area contributed by atoms with E-state index in [0.29, 0.717) is 18.8 Å². The molecule has 1 aromatic heterocycles. The summed E-state index contributed by atoms with van der Waals surface area (Å²) in [5, 5.41) is 13.4. The first-order chi connectivity index (χ1) is 13.5. The number of nitro benzene ring substituents is 1. The third-order valence-electron chi connectivity index (χ3n) is 5.48. The molecular formula is C20H24N4O3S. The molecule has 7 nitrogen and oxygen atoms in total. The number of nitrogens with zero attached hydrogens (tertiary/aromatic N) is 4. The van der Waals surface area contributed by atoms with Crippen LogP contribution in [-0.4, -0.2) is 55.0 Å². The van der Waals surface area contributed by atoms with Gasteiger partial charge in [0.2, 0.25) is 0 Å². The van der Waals surface area contributed by atoms with Crippen molar-refractivity contribution in [3.63, 3.8) is 0 Å². The summed E-state index contributed by atoms with van der Waals surface area (Å²) in [6.07, 6.45) is 2.15. The van der Waals surface area contributed by atoms with E-state index < -0.39 is 0 Å². The van der Waals surface area contributed by atoms with Crippen molar-refractivity contribution >= 4 is 34.3 Å². The molecule has 0 radical (unpaired) electrons. The van der Waals surface area contributed by atoms with Crippen LogP contribution in [0.25, 0.3) is 0 Å². The molecule has 2 saturated heterocycles. The highest BCUT2D eigenvalue weighted by molar-refractivity contribution is 7.12. The van der Waals surface area contributed by atoms with Crippen LogP contribution in [0.2, 0.25) is 0 Å². The molecule has 148 valence electrons. The number of nitro groups is 1. The number of amides is 1. The zero-order chi connectivity index (χ0) is 19.7. The average molecular weight is 401 g/mol. The topological polar surface area (TPSA) is 69.9 Å². The summed E-state index contributed by atoms with van der Waals surface area (Å²) < 4.78 is 0. The van der Waals surface area contributed by atoms with Gasteiger partial charge in [-0.1, -0.05) is 0 Å². The van der Waals surface area contributed by atoms with E-state index in [2.05, 4.69) is 9.80 Å². The van der Waals surface area contributed by atoms with E-state index in [1.54, 1.807) is 6.07 Å². The number of benzene rings is 1. The van der Waals surface area contributed by atoms with E-state index in [0.717, 1.165) is 55.1 Å². The monoisotopic (exact) mass is 400 g/mol. The summed E-state index contributed by atoms with van der Waals surface area (Å²) in [4.78, 5) is 30.8. The molecule has 0 bridgehead atoms. The van der Waals surface area contributed by atoms with E-state index in [9.17, 15) is 14.9 Å². The summed E-state index contributed by atoms with van der Waals surface area (Å²) in [6.45, 7) is 6.51. The standard InChI is InChI=1S/C20H24N4O3S/c1-15-12-19(28-14-15)20(25)23-10-8-21(9-11-23)16-4-5-17(24(26)27)18(13-16)22-6-2-3-7-22/h4-5,12-14H,2-3,6-11H2,1H3. The fourth-order valence-corrected chi connectivity index (χ4v) is 4.81. The van der Waals surface area contributed by atoms with Crippen LogP contribution in [-0.2, 0) is 0 Å². The number of anilines is 2. The zero-order valence-corrected chi connectivity index (χ0v) is 16.8. The third-order valence-corrected chi connectivity index (χ3v) is 6.51. The van der Waals surface area contributed by atoms with Gasteiger partial charge in [0.25, 0.3) is 11.6 Å². The van der Waals surface area contributed by atoms with E-state index in [1.807, 2.05) is 35.4 Å². The van der Waals surface area contributed by atoms with Crippen molar-refractivity contribution in [3.8, 4) is 0 Å². The molecular weight excluding hydrogens is 376 g/mol. The smallest absolute Gasteiger partial charge is 0.292 e. The molecule has 0 atom stereocenters. The van der Waals surface area contributed by atoms with Gasteiger partial charge >= 0.3 is 0 Å². The average Bonchev–Trinajstić information content (AvgIpc) is 3.39. The lowest BCUT2D eigenvalue weighted by atomic mass is 10.2. The van der Waals surface area contributed by atoms with Crippen molar-refractivity contribution < 1.29 is 9.72 Å². The number of thiophene rings is 1. The van der Waals surface area contributed by atoms with Crippen LogP contribution in [0.15, 0.2) is 29.6 Å². The molecule has 1 aromatic carbocycles. The predicted molar refractivity (Wildman–Crippen MR) is 112 cm³/mol. The van der Waals surface area contributed by atoms with Gasteiger partial charge in [0.1, 0.15) is 5.69 Å². The van der Waals surface area contributed by atoms with Crippen molar-refractivity contribution in [2.75, 3.05) is 49.1 Å². The lowest BCUT2D eigenvalue weighted by Crippen LogP contribution is -2.48. The van der Waals surface area contributed by atoms with Crippen LogP contribution in [0.1, 0.15) is 28.1 Å². The Morgan fingerprint density at radius 3 is 2.36 bits per heavy atom. The first kappa shape index (κ1) is 18.7. The quantitative estimate of drug-likeness (QED) is 0.580. The van der Waals surface area contributed by atoms with Crippen LogP contribution in [0.5, 0.6) is 0 Å². The molecule has 0 N–H and O–H groups in total. The molecule has 0 spiro atoms. The first-order valence-electron chi connectivity index (χ1n) is 9.65. The van der Waals surface area contributed by atoms with Gasteiger partial charge in [-0.25, -0.2) is 0 Å². The van der Waals surface area contributed by atoms with Gasteiger partial charge in [0.05, 0.1) is 9.80 Å². The number of aryl methyl sites for hydroxylation is 1. The Bertz CT molecular complexity index is 883. The van der Waals surface area contributed by atoms with E-state index >= 15 is 0 Å². The van der Waals surface area contributed by atoms with Gasteiger partial charge in [-0.05, 0) is 48.9 Å². The van der Waals surface area contributed by atoms with Gasteiger partial charge < -0.3 is 14.7 Å². The molecule has 2 fully saturated rings. The minimum atomic E-state index is -0.295. The largest absolute Gasteiger partial charge is 0.368 e. The molecule has 4 rings (SSSR count). The van der Waals surface area contributed by atoms with Crippen molar-refractivity contribution in [3.05, 3.63) is 50.2 Å².